The summed E-state index contributed by atoms with van der Waals surface area (Å²) in [5, 5.41) is 3.64. The summed E-state index contributed by atoms with van der Waals surface area (Å²) in [5.41, 5.74) is 3.79. The topological polar surface area (TPSA) is 49.4 Å². The quantitative estimate of drug-likeness (QED) is 0.456. The summed E-state index contributed by atoms with van der Waals surface area (Å²) in [5.74, 6) is -0.771. The van der Waals surface area contributed by atoms with Crippen molar-refractivity contribution in [2.45, 2.75) is 25.2 Å². The first-order chi connectivity index (χ1) is 15.0. The molecule has 0 saturated carbocycles. The Morgan fingerprint density at radius 2 is 1.65 bits per heavy atom. The first-order valence-electron chi connectivity index (χ1n) is 9.95. The normalized spacial score (nSPS) is 13.8. The molecule has 0 spiro atoms. The number of nitrogens with one attached hydrogen (secondary N) is 1. The van der Waals surface area contributed by atoms with Gasteiger partial charge in [-0.1, -0.05) is 66.2 Å². The highest BCUT2D eigenvalue weighted by molar-refractivity contribution is 8.04. The zero-order valence-electron chi connectivity index (χ0n) is 17.2. The van der Waals surface area contributed by atoms with Crippen LogP contribution in [-0.2, 0) is 16.0 Å². The van der Waals surface area contributed by atoms with Crippen molar-refractivity contribution in [2.75, 3.05) is 10.2 Å². The molecule has 1 aliphatic heterocycles. The average Bonchev–Trinajstić information content (AvgIpc) is 2.99. The van der Waals surface area contributed by atoms with E-state index in [0.717, 1.165) is 22.6 Å². The van der Waals surface area contributed by atoms with Gasteiger partial charge in [0.2, 0.25) is 0 Å². The summed E-state index contributed by atoms with van der Waals surface area (Å²) >= 11 is 7.39. The third kappa shape index (κ3) is 4.53. The Bertz CT molecular complexity index is 1170. The molecule has 2 amide bonds. The van der Waals surface area contributed by atoms with Crippen LogP contribution in [0.5, 0.6) is 0 Å². The minimum absolute atomic E-state index is 0.264. The van der Waals surface area contributed by atoms with Gasteiger partial charge in [-0.15, -0.1) is 0 Å². The summed E-state index contributed by atoms with van der Waals surface area (Å²) in [4.78, 5) is 29.1. The zero-order valence-corrected chi connectivity index (χ0v) is 18.8. The molecule has 6 heteroatoms. The number of anilines is 2. The summed E-state index contributed by atoms with van der Waals surface area (Å²) < 4.78 is 0. The molecule has 0 saturated heterocycles. The second-order valence-corrected chi connectivity index (χ2v) is 8.74. The van der Waals surface area contributed by atoms with Gasteiger partial charge >= 0.3 is 0 Å². The molecule has 4 nitrogen and oxygen atoms in total. The Labute approximate surface area is 190 Å². The molecular formula is C25H21ClN2O2S. The number of benzene rings is 3. The zero-order chi connectivity index (χ0) is 22.0. The molecule has 0 atom stereocenters. The number of nitrogens with zero attached hydrogens (tertiary/aromatic N) is 1. The van der Waals surface area contributed by atoms with E-state index in [0.29, 0.717) is 15.6 Å². The molecule has 0 unspecified atom stereocenters. The second-order valence-electron chi connectivity index (χ2n) is 7.22. The Morgan fingerprint density at radius 1 is 0.935 bits per heavy atom. The number of carbonyl (C=O) groups excluding carboxylic acids is 2. The summed E-state index contributed by atoms with van der Waals surface area (Å²) in [7, 11) is 0. The van der Waals surface area contributed by atoms with Crippen LogP contribution in [0, 0.1) is 6.92 Å². The monoisotopic (exact) mass is 448 g/mol. The number of halogens is 1. The van der Waals surface area contributed by atoms with Gasteiger partial charge in [0.05, 0.1) is 5.69 Å². The van der Waals surface area contributed by atoms with Crippen molar-refractivity contribution < 1.29 is 9.59 Å². The van der Waals surface area contributed by atoms with Crippen LogP contribution in [0.2, 0.25) is 5.02 Å². The van der Waals surface area contributed by atoms with E-state index >= 15 is 0 Å². The van der Waals surface area contributed by atoms with Crippen LogP contribution in [0.1, 0.15) is 18.1 Å². The number of imide groups is 1. The van der Waals surface area contributed by atoms with Gasteiger partial charge in [-0.2, -0.15) is 0 Å². The number of hydrogen-bond donors (Lipinski definition) is 1. The van der Waals surface area contributed by atoms with Crippen molar-refractivity contribution in [3.63, 3.8) is 0 Å². The molecule has 1 N–H and O–H groups in total. The highest BCUT2D eigenvalue weighted by atomic mass is 35.5. The van der Waals surface area contributed by atoms with E-state index in [9.17, 15) is 9.59 Å². The number of carbonyl (C=O) groups is 2. The van der Waals surface area contributed by atoms with Gasteiger partial charge in [0.25, 0.3) is 11.8 Å². The predicted molar refractivity (Wildman–Crippen MR) is 127 cm³/mol. The number of amides is 2. The minimum Gasteiger partial charge on any atom is -0.350 e. The smallest absolute Gasteiger partial charge is 0.283 e. The summed E-state index contributed by atoms with van der Waals surface area (Å²) in [6.45, 7) is 4.09. The molecule has 3 aromatic carbocycles. The van der Waals surface area contributed by atoms with Gasteiger partial charge in [0, 0.05) is 15.6 Å². The van der Waals surface area contributed by atoms with E-state index in [2.05, 4.69) is 12.2 Å². The lowest BCUT2D eigenvalue weighted by atomic mass is 10.1. The van der Waals surface area contributed by atoms with Gasteiger partial charge in [0.15, 0.2) is 0 Å². The first-order valence-corrected chi connectivity index (χ1v) is 11.1. The highest BCUT2D eigenvalue weighted by Crippen LogP contribution is 2.38. The molecule has 0 aromatic heterocycles. The lowest BCUT2D eigenvalue weighted by Gasteiger charge is -2.15. The van der Waals surface area contributed by atoms with Crippen LogP contribution in [-0.4, -0.2) is 11.8 Å². The van der Waals surface area contributed by atoms with Crippen molar-refractivity contribution in [2.24, 2.45) is 0 Å². The molecule has 0 radical (unpaired) electrons. The van der Waals surface area contributed by atoms with E-state index in [4.69, 9.17) is 11.6 Å². The van der Waals surface area contributed by atoms with Gasteiger partial charge in [-0.3, -0.25) is 9.59 Å². The van der Waals surface area contributed by atoms with E-state index in [1.807, 2.05) is 55.5 Å². The maximum Gasteiger partial charge on any atom is 0.283 e. The number of thioether (sulfide) groups is 1. The minimum atomic E-state index is -0.401. The van der Waals surface area contributed by atoms with Crippen molar-refractivity contribution in [3.8, 4) is 0 Å². The Hall–Kier alpha value is -3.02. The van der Waals surface area contributed by atoms with Crippen LogP contribution in [0.4, 0.5) is 11.4 Å². The first kappa shape index (κ1) is 21.2. The van der Waals surface area contributed by atoms with Gasteiger partial charge < -0.3 is 5.32 Å². The summed E-state index contributed by atoms with van der Waals surface area (Å²) in [6.07, 6.45) is 0.928. The Morgan fingerprint density at radius 3 is 2.29 bits per heavy atom. The van der Waals surface area contributed by atoms with Crippen molar-refractivity contribution in [3.05, 3.63) is 99.5 Å². The van der Waals surface area contributed by atoms with Crippen LogP contribution in [0.3, 0.4) is 0 Å². The Kier molecular flexibility index (Phi) is 6.16. The lowest BCUT2D eigenvalue weighted by molar-refractivity contribution is -0.120. The molecule has 156 valence electrons. The highest BCUT2D eigenvalue weighted by Gasteiger charge is 2.40. The maximum atomic E-state index is 13.3. The van der Waals surface area contributed by atoms with Crippen LogP contribution >= 0.6 is 23.4 Å². The number of rotatable bonds is 6. The van der Waals surface area contributed by atoms with Crippen molar-refractivity contribution in [1.82, 2.24) is 0 Å². The molecule has 4 rings (SSSR count). The van der Waals surface area contributed by atoms with Gasteiger partial charge in [0.1, 0.15) is 10.6 Å². The summed E-state index contributed by atoms with van der Waals surface area (Å²) in [6, 6.07) is 22.4. The fraction of sp³-hybridized carbons (Fsp3) is 0.120. The predicted octanol–water partition coefficient (Wildman–Crippen LogP) is 6.20. The second kappa shape index (κ2) is 9.00. The van der Waals surface area contributed by atoms with Crippen molar-refractivity contribution in [1.29, 1.82) is 0 Å². The van der Waals surface area contributed by atoms with Gasteiger partial charge in [-0.25, -0.2) is 4.90 Å². The van der Waals surface area contributed by atoms with Crippen molar-refractivity contribution >= 4 is 46.6 Å². The molecule has 1 aliphatic rings. The largest absolute Gasteiger partial charge is 0.350 e. The molecule has 0 bridgehead atoms. The fourth-order valence-electron chi connectivity index (χ4n) is 3.26. The van der Waals surface area contributed by atoms with Gasteiger partial charge in [-0.05, 0) is 61.4 Å². The standard InChI is InChI=1S/C25H21ClN2O2S/c1-3-17-9-11-19(12-10-17)27-22-23(31-21-13-7-16(2)8-14-21)25(30)28(24(22)29)20-6-4-5-18(26)15-20/h4-15,27H,3H2,1-2H3. The van der Waals surface area contributed by atoms with E-state index in [1.54, 1.807) is 24.3 Å². The maximum absolute atomic E-state index is 13.3. The van der Waals surface area contributed by atoms with Crippen LogP contribution < -0.4 is 10.2 Å². The van der Waals surface area contributed by atoms with Crippen LogP contribution in [0.15, 0.2) is 88.3 Å². The molecule has 0 aliphatic carbocycles. The average molecular weight is 449 g/mol. The van der Waals surface area contributed by atoms with E-state index < -0.39 is 5.91 Å². The number of aryl methyl sites for hydroxylation is 2. The molecule has 0 fully saturated rings. The molecule has 31 heavy (non-hydrogen) atoms. The van der Waals surface area contributed by atoms with E-state index in [-0.39, 0.29) is 11.6 Å². The number of hydrogen-bond acceptors (Lipinski definition) is 4. The van der Waals surface area contributed by atoms with E-state index in [1.165, 1.54) is 22.2 Å². The molecule has 1 heterocycles. The molecule has 3 aromatic rings. The third-order valence-corrected chi connectivity index (χ3v) is 6.31. The fourth-order valence-corrected chi connectivity index (χ4v) is 4.37. The Balaban J connectivity index is 1.73. The van der Waals surface area contributed by atoms with Crippen LogP contribution in [0.25, 0.3) is 0 Å². The SMILES string of the molecule is CCc1ccc(NC2=C(Sc3ccc(C)cc3)C(=O)N(c3cccc(Cl)c3)C2=O)cc1. The lowest BCUT2D eigenvalue weighted by Crippen LogP contribution is -2.32. The third-order valence-electron chi connectivity index (χ3n) is 4.98. The molecular weight excluding hydrogens is 428 g/mol.